The van der Waals surface area contributed by atoms with Crippen molar-refractivity contribution in [1.29, 1.82) is 0 Å². The van der Waals surface area contributed by atoms with Gasteiger partial charge in [0.2, 0.25) is 0 Å². The first-order chi connectivity index (χ1) is 7.16. The van der Waals surface area contributed by atoms with E-state index in [-0.39, 0.29) is 11.8 Å². The molecule has 0 aliphatic carbocycles. The van der Waals surface area contributed by atoms with E-state index in [0.29, 0.717) is 6.61 Å². The Balaban J connectivity index is 2.11. The summed E-state index contributed by atoms with van der Waals surface area (Å²) in [5, 5.41) is 11.0. The Morgan fingerprint density at radius 2 is 2.60 bits per heavy atom. The van der Waals surface area contributed by atoms with Gasteiger partial charge in [-0.05, 0) is 7.05 Å². The van der Waals surface area contributed by atoms with Gasteiger partial charge in [-0.3, -0.25) is 0 Å². The average Bonchev–Trinajstić information content (AvgIpc) is 2.66. The minimum atomic E-state index is -0.985. The number of thiazole rings is 1. The number of carboxylic acids is 1. The van der Waals surface area contributed by atoms with Crippen molar-refractivity contribution in [3.8, 4) is 0 Å². The molecule has 6 heteroatoms. The highest BCUT2D eigenvalue weighted by atomic mass is 32.1. The van der Waals surface area contributed by atoms with Crippen LogP contribution in [-0.4, -0.2) is 47.7 Å². The maximum atomic E-state index is 10.7. The summed E-state index contributed by atoms with van der Waals surface area (Å²) in [6.45, 7) is 2.35. The van der Waals surface area contributed by atoms with Crippen LogP contribution in [0.5, 0.6) is 0 Å². The van der Waals surface area contributed by atoms with Crippen molar-refractivity contribution in [1.82, 2.24) is 9.88 Å². The Labute approximate surface area is 91.3 Å². The monoisotopic (exact) mass is 228 g/mol. The molecule has 2 heterocycles. The van der Waals surface area contributed by atoms with E-state index >= 15 is 0 Å². The third kappa shape index (κ3) is 2.34. The minimum absolute atomic E-state index is 0.0816. The van der Waals surface area contributed by atoms with Crippen LogP contribution in [0.15, 0.2) is 5.38 Å². The number of aromatic carboxylic acids is 1. The maximum Gasteiger partial charge on any atom is 0.355 e. The maximum absolute atomic E-state index is 10.7. The Kier molecular flexibility index (Phi) is 2.99. The molecule has 1 fully saturated rings. The second-order valence-electron chi connectivity index (χ2n) is 3.50. The first-order valence-electron chi connectivity index (χ1n) is 4.65. The summed E-state index contributed by atoms with van der Waals surface area (Å²) in [5.41, 5.74) is 0.104. The Morgan fingerprint density at radius 1 is 1.80 bits per heavy atom. The van der Waals surface area contributed by atoms with Crippen LogP contribution in [0, 0.1) is 0 Å². The Morgan fingerprint density at radius 3 is 3.20 bits per heavy atom. The quantitative estimate of drug-likeness (QED) is 0.812. The molecule has 82 valence electrons. The second kappa shape index (κ2) is 4.26. The van der Waals surface area contributed by atoms with E-state index in [2.05, 4.69) is 9.88 Å². The van der Waals surface area contributed by atoms with E-state index in [0.717, 1.165) is 18.1 Å². The van der Waals surface area contributed by atoms with E-state index in [1.807, 2.05) is 7.05 Å². The van der Waals surface area contributed by atoms with Crippen molar-refractivity contribution in [2.75, 3.05) is 26.7 Å². The number of hydrogen-bond donors (Lipinski definition) is 1. The normalized spacial score (nSPS) is 22.9. The molecule has 1 atom stereocenters. The molecule has 1 unspecified atom stereocenters. The largest absolute Gasteiger partial charge is 0.476 e. The number of likely N-dealkylation sites (N-methyl/N-ethyl adjacent to an activating group) is 1. The summed E-state index contributed by atoms with van der Waals surface area (Å²) in [6, 6.07) is 0. The lowest BCUT2D eigenvalue weighted by Gasteiger charge is -2.28. The van der Waals surface area contributed by atoms with Crippen LogP contribution in [-0.2, 0) is 4.74 Å². The minimum Gasteiger partial charge on any atom is -0.476 e. The number of rotatable bonds is 2. The molecule has 0 radical (unpaired) electrons. The molecule has 1 aliphatic heterocycles. The number of aromatic nitrogens is 1. The van der Waals surface area contributed by atoms with E-state index in [1.54, 1.807) is 5.38 Å². The summed E-state index contributed by atoms with van der Waals surface area (Å²) in [6.07, 6.45) is -0.0816. The fourth-order valence-electron chi connectivity index (χ4n) is 1.46. The topological polar surface area (TPSA) is 62.7 Å². The van der Waals surface area contributed by atoms with E-state index < -0.39 is 5.97 Å². The molecule has 1 saturated heterocycles. The Bertz CT molecular complexity index is 366. The first kappa shape index (κ1) is 10.5. The number of nitrogens with zero attached hydrogens (tertiary/aromatic N) is 2. The molecule has 2 rings (SSSR count). The molecule has 15 heavy (non-hydrogen) atoms. The molecule has 0 bridgehead atoms. The van der Waals surface area contributed by atoms with Crippen LogP contribution in [0.3, 0.4) is 0 Å². The fourth-order valence-corrected chi connectivity index (χ4v) is 2.29. The van der Waals surface area contributed by atoms with Crippen LogP contribution in [0.4, 0.5) is 0 Å². The lowest BCUT2D eigenvalue weighted by molar-refractivity contribution is -0.0210. The second-order valence-corrected chi connectivity index (χ2v) is 4.39. The zero-order valence-corrected chi connectivity index (χ0v) is 9.16. The predicted octanol–water partition coefficient (Wildman–Crippen LogP) is 0.844. The van der Waals surface area contributed by atoms with E-state index in [9.17, 15) is 4.79 Å². The van der Waals surface area contributed by atoms with E-state index in [1.165, 1.54) is 11.3 Å². The molecule has 0 saturated carbocycles. The molecule has 0 amide bonds. The lowest BCUT2D eigenvalue weighted by Crippen LogP contribution is -2.35. The third-order valence-corrected chi connectivity index (χ3v) is 3.22. The third-order valence-electron chi connectivity index (χ3n) is 2.29. The number of morpholine rings is 1. The molecule has 1 aromatic heterocycles. The van der Waals surface area contributed by atoms with Crippen LogP contribution >= 0.6 is 11.3 Å². The number of ether oxygens (including phenoxy) is 1. The Hall–Kier alpha value is -0.980. The van der Waals surface area contributed by atoms with Gasteiger partial charge in [-0.15, -0.1) is 11.3 Å². The lowest BCUT2D eigenvalue weighted by atomic mass is 10.3. The molecule has 1 N–H and O–H groups in total. The van der Waals surface area contributed by atoms with Gasteiger partial charge in [-0.2, -0.15) is 0 Å². The van der Waals surface area contributed by atoms with Gasteiger partial charge in [0.25, 0.3) is 0 Å². The summed E-state index contributed by atoms with van der Waals surface area (Å²) < 4.78 is 5.54. The summed E-state index contributed by atoms with van der Waals surface area (Å²) in [5.74, 6) is -0.985. The number of hydrogen-bond acceptors (Lipinski definition) is 5. The van der Waals surface area contributed by atoms with Gasteiger partial charge in [-0.1, -0.05) is 0 Å². The average molecular weight is 228 g/mol. The van der Waals surface area contributed by atoms with Crippen molar-refractivity contribution >= 4 is 17.3 Å². The van der Waals surface area contributed by atoms with Crippen LogP contribution in [0.2, 0.25) is 0 Å². The van der Waals surface area contributed by atoms with Gasteiger partial charge < -0.3 is 14.7 Å². The van der Waals surface area contributed by atoms with Gasteiger partial charge >= 0.3 is 5.97 Å². The number of carbonyl (C=O) groups is 1. The molecular weight excluding hydrogens is 216 g/mol. The molecule has 5 nitrogen and oxygen atoms in total. The highest BCUT2D eigenvalue weighted by Gasteiger charge is 2.23. The van der Waals surface area contributed by atoms with Crippen molar-refractivity contribution in [3.63, 3.8) is 0 Å². The molecule has 1 aliphatic rings. The van der Waals surface area contributed by atoms with Crippen LogP contribution in [0.25, 0.3) is 0 Å². The van der Waals surface area contributed by atoms with E-state index in [4.69, 9.17) is 9.84 Å². The predicted molar refractivity (Wildman–Crippen MR) is 55.3 cm³/mol. The zero-order chi connectivity index (χ0) is 10.8. The van der Waals surface area contributed by atoms with Gasteiger partial charge in [-0.25, -0.2) is 9.78 Å². The summed E-state index contributed by atoms with van der Waals surface area (Å²) >= 11 is 1.34. The van der Waals surface area contributed by atoms with Crippen LogP contribution in [0.1, 0.15) is 21.6 Å². The van der Waals surface area contributed by atoms with Gasteiger partial charge in [0.15, 0.2) is 5.69 Å². The highest BCUT2D eigenvalue weighted by molar-refractivity contribution is 7.09. The summed E-state index contributed by atoms with van der Waals surface area (Å²) in [4.78, 5) is 16.8. The van der Waals surface area contributed by atoms with Crippen molar-refractivity contribution < 1.29 is 14.6 Å². The van der Waals surface area contributed by atoms with Gasteiger partial charge in [0.05, 0.1) is 6.61 Å². The van der Waals surface area contributed by atoms with Gasteiger partial charge in [0, 0.05) is 18.5 Å². The number of carboxylic acid groups (broad SMARTS) is 1. The molecule has 0 spiro atoms. The van der Waals surface area contributed by atoms with Gasteiger partial charge in [0.1, 0.15) is 11.1 Å². The standard InChI is InChI=1S/C9H12N2O3S/c1-11-2-3-14-7(4-11)8-10-6(5-15-8)9(12)13/h5,7H,2-4H2,1H3,(H,12,13). The molecular formula is C9H12N2O3S. The van der Waals surface area contributed by atoms with Crippen molar-refractivity contribution in [2.24, 2.45) is 0 Å². The highest BCUT2D eigenvalue weighted by Crippen LogP contribution is 2.24. The molecule has 0 aromatic carbocycles. The van der Waals surface area contributed by atoms with Crippen molar-refractivity contribution in [3.05, 3.63) is 16.1 Å². The summed E-state index contributed by atoms with van der Waals surface area (Å²) in [7, 11) is 2.02. The SMILES string of the molecule is CN1CCOC(c2nc(C(=O)O)cs2)C1. The first-order valence-corrected chi connectivity index (χ1v) is 5.53. The smallest absolute Gasteiger partial charge is 0.355 e. The van der Waals surface area contributed by atoms with Crippen molar-refractivity contribution in [2.45, 2.75) is 6.10 Å². The zero-order valence-electron chi connectivity index (χ0n) is 8.34. The fraction of sp³-hybridized carbons (Fsp3) is 0.556. The molecule has 1 aromatic rings. The van der Waals surface area contributed by atoms with Crippen LogP contribution < -0.4 is 0 Å².